The van der Waals surface area contributed by atoms with Crippen LogP contribution in [0.5, 0.6) is 17.2 Å². The zero-order valence-corrected chi connectivity index (χ0v) is 16.5. The summed E-state index contributed by atoms with van der Waals surface area (Å²) >= 11 is 0. The maximum Gasteiger partial charge on any atom is 0.387 e. The topological polar surface area (TPSA) is 103 Å². The first kappa shape index (κ1) is 22.4. The van der Waals surface area contributed by atoms with E-state index in [9.17, 15) is 22.0 Å². The van der Waals surface area contributed by atoms with Gasteiger partial charge in [-0.3, -0.25) is 4.79 Å². The van der Waals surface area contributed by atoms with Gasteiger partial charge in [-0.05, 0) is 36.4 Å². The molecule has 2 aromatic rings. The number of anilines is 1. The van der Waals surface area contributed by atoms with Crippen molar-refractivity contribution in [1.82, 2.24) is 4.72 Å². The molecule has 0 heterocycles. The summed E-state index contributed by atoms with van der Waals surface area (Å²) in [6.45, 7) is -3.08. The number of rotatable bonds is 10. The molecule has 0 saturated carbocycles. The van der Waals surface area contributed by atoms with Gasteiger partial charge in [0.25, 0.3) is 0 Å². The van der Waals surface area contributed by atoms with Crippen molar-refractivity contribution in [2.75, 3.05) is 26.1 Å². The molecule has 0 radical (unpaired) electrons. The van der Waals surface area contributed by atoms with Gasteiger partial charge in [0, 0.05) is 24.7 Å². The van der Waals surface area contributed by atoms with E-state index in [0.29, 0.717) is 11.4 Å². The molecule has 2 aromatic carbocycles. The second-order valence-electron chi connectivity index (χ2n) is 5.62. The molecule has 2 N–H and O–H groups in total. The Morgan fingerprint density at radius 2 is 1.69 bits per heavy atom. The number of halogens is 2. The number of sulfonamides is 1. The van der Waals surface area contributed by atoms with Crippen molar-refractivity contribution in [1.29, 1.82) is 0 Å². The van der Waals surface area contributed by atoms with Crippen molar-refractivity contribution < 1.29 is 36.2 Å². The van der Waals surface area contributed by atoms with Crippen molar-refractivity contribution in [2.24, 2.45) is 0 Å². The van der Waals surface area contributed by atoms with E-state index in [0.717, 1.165) is 0 Å². The van der Waals surface area contributed by atoms with Gasteiger partial charge in [-0.2, -0.15) is 8.78 Å². The Morgan fingerprint density at radius 3 is 2.28 bits per heavy atom. The number of hydrogen-bond acceptors (Lipinski definition) is 6. The Hall–Kier alpha value is -2.92. The number of hydrogen-bond donors (Lipinski definition) is 2. The van der Waals surface area contributed by atoms with E-state index in [4.69, 9.17) is 9.47 Å². The number of ether oxygens (including phenoxy) is 3. The fraction of sp³-hybridized carbons (Fsp3) is 0.278. The van der Waals surface area contributed by atoms with E-state index >= 15 is 0 Å². The van der Waals surface area contributed by atoms with Gasteiger partial charge >= 0.3 is 6.61 Å². The van der Waals surface area contributed by atoms with Crippen molar-refractivity contribution in [2.45, 2.75) is 17.9 Å². The van der Waals surface area contributed by atoms with Crippen LogP contribution < -0.4 is 24.2 Å². The number of nitrogens with one attached hydrogen (secondary N) is 2. The molecule has 11 heteroatoms. The number of benzene rings is 2. The van der Waals surface area contributed by atoms with Crippen molar-refractivity contribution in [3.05, 3.63) is 42.5 Å². The van der Waals surface area contributed by atoms with Crippen LogP contribution in [0.2, 0.25) is 0 Å². The highest BCUT2D eigenvalue weighted by Crippen LogP contribution is 2.29. The van der Waals surface area contributed by atoms with Crippen LogP contribution in [0.3, 0.4) is 0 Å². The highest BCUT2D eigenvalue weighted by atomic mass is 32.2. The molecule has 0 aliphatic rings. The SMILES string of the molecule is COc1ccc(S(=O)(=O)NCCC(=O)Nc2ccc(OC(F)F)cc2)cc1OC. The first-order valence-corrected chi connectivity index (χ1v) is 9.80. The molecule has 0 atom stereocenters. The van der Waals surface area contributed by atoms with Crippen molar-refractivity contribution >= 4 is 21.6 Å². The van der Waals surface area contributed by atoms with Crippen molar-refractivity contribution in [3.8, 4) is 17.2 Å². The summed E-state index contributed by atoms with van der Waals surface area (Å²) in [5.74, 6) is 0.145. The van der Waals surface area contributed by atoms with Gasteiger partial charge in [-0.25, -0.2) is 13.1 Å². The molecule has 0 aliphatic heterocycles. The van der Waals surface area contributed by atoms with Crippen LogP contribution in [0.4, 0.5) is 14.5 Å². The second-order valence-corrected chi connectivity index (χ2v) is 7.38. The predicted molar refractivity (Wildman–Crippen MR) is 101 cm³/mol. The van der Waals surface area contributed by atoms with Crippen LogP contribution in [0.15, 0.2) is 47.4 Å². The summed E-state index contributed by atoms with van der Waals surface area (Å²) < 4.78 is 65.6. The molecule has 2 rings (SSSR count). The van der Waals surface area contributed by atoms with Crippen LogP contribution in [-0.4, -0.2) is 41.7 Å². The van der Waals surface area contributed by atoms with Crippen LogP contribution in [-0.2, 0) is 14.8 Å². The maximum atomic E-state index is 12.4. The van der Waals surface area contributed by atoms with E-state index in [2.05, 4.69) is 14.8 Å². The average molecular weight is 430 g/mol. The molecule has 29 heavy (non-hydrogen) atoms. The van der Waals surface area contributed by atoms with Gasteiger partial charge < -0.3 is 19.5 Å². The number of carbonyl (C=O) groups excluding carboxylic acids is 1. The summed E-state index contributed by atoms with van der Waals surface area (Å²) in [4.78, 5) is 11.9. The molecule has 0 bridgehead atoms. The molecule has 0 saturated heterocycles. The quantitative estimate of drug-likeness (QED) is 0.601. The largest absolute Gasteiger partial charge is 0.493 e. The third kappa shape index (κ3) is 6.57. The minimum atomic E-state index is -3.86. The second kappa shape index (κ2) is 10.0. The highest BCUT2D eigenvalue weighted by molar-refractivity contribution is 7.89. The summed E-state index contributed by atoms with van der Waals surface area (Å²) in [5.41, 5.74) is 0.361. The van der Waals surface area contributed by atoms with Gasteiger partial charge in [0.05, 0.1) is 19.1 Å². The standard InChI is InChI=1S/C18H20F2N2O6S/c1-26-15-8-7-14(11-16(15)27-2)29(24,25)21-10-9-17(23)22-12-3-5-13(6-4-12)28-18(19)20/h3-8,11,18,21H,9-10H2,1-2H3,(H,22,23). The Morgan fingerprint density at radius 1 is 1.03 bits per heavy atom. The van der Waals surface area contributed by atoms with E-state index < -0.39 is 22.5 Å². The van der Waals surface area contributed by atoms with Gasteiger partial charge in [-0.15, -0.1) is 0 Å². The number of carbonyl (C=O) groups is 1. The van der Waals surface area contributed by atoms with E-state index in [-0.39, 0.29) is 29.4 Å². The highest BCUT2D eigenvalue weighted by Gasteiger charge is 2.17. The molecule has 8 nitrogen and oxygen atoms in total. The van der Waals surface area contributed by atoms with Gasteiger partial charge in [-0.1, -0.05) is 0 Å². The minimum absolute atomic E-state index is 0.0369. The maximum absolute atomic E-state index is 12.4. The van der Waals surface area contributed by atoms with Crippen LogP contribution in [0.25, 0.3) is 0 Å². The van der Waals surface area contributed by atoms with E-state index in [1.165, 1.54) is 56.7 Å². The monoisotopic (exact) mass is 430 g/mol. The third-order valence-electron chi connectivity index (χ3n) is 3.67. The molecular weight excluding hydrogens is 410 g/mol. The van der Waals surface area contributed by atoms with Gasteiger partial charge in [0.15, 0.2) is 11.5 Å². The minimum Gasteiger partial charge on any atom is -0.493 e. The summed E-state index contributed by atoms with van der Waals surface area (Å²) in [6, 6.07) is 9.47. The summed E-state index contributed by atoms with van der Waals surface area (Å²) in [6.07, 6.45) is -0.137. The molecule has 0 unspecified atom stereocenters. The van der Waals surface area contributed by atoms with Crippen LogP contribution >= 0.6 is 0 Å². The molecule has 158 valence electrons. The Kier molecular flexibility index (Phi) is 7.74. The lowest BCUT2D eigenvalue weighted by Gasteiger charge is -2.11. The zero-order chi connectivity index (χ0) is 21.4. The predicted octanol–water partition coefficient (Wildman–Crippen LogP) is 2.61. The molecule has 0 spiro atoms. The molecule has 0 aliphatic carbocycles. The fourth-order valence-corrected chi connectivity index (χ4v) is 3.36. The lowest BCUT2D eigenvalue weighted by atomic mass is 10.3. The smallest absolute Gasteiger partial charge is 0.387 e. The summed E-state index contributed by atoms with van der Waals surface area (Å²) in [7, 11) is -1.04. The molecule has 0 fully saturated rings. The first-order chi connectivity index (χ1) is 13.7. The number of alkyl halides is 2. The first-order valence-electron chi connectivity index (χ1n) is 8.31. The van der Waals surface area contributed by atoms with Gasteiger partial charge in [0.2, 0.25) is 15.9 Å². The summed E-state index contributed by atoms with van der Waals surface area (Å²) in [5, 5.41) is 2.53. The molecule has 1 amide bonds. The van der Waals surface area contributed by atoms with Gasteiger partial charge in [0.1, 0.15) is 5.75 Å². The van der Waals surface area contributed by atoms with E-state index in [1.54, 1.807) is 0 Å². The van der Waals surface area contributed by atoms with Crippen LogP contribution in [0, 0.1) is 0 Å². The lowest BCUT2D eigenvalue weighted by molar-refractivity contribution is -0.116. The van der Waals surface area contributed by atoms with E-state index in [1.807, 2.05) is 0 Å². The average Bonchev–Trinajstić information content (AvgIpc) is 2.68. The Balaban J connectivity index is 1.89. The number of amides is 1. The Bertz CT molecular complexity index is 936. The normalized spacial score (nSPS) is 11.2. The third-order valence-corrected chi connectivity index (χ3v) is 5.13. The lowest BCUT2D eigenvalue weighted by Crippen LogP contribution is -2.27. The Labute approximate surface area is 166 Å². The van der Waals surface area contributed by atoms with Crippen molar-refractivity contribution in [3.63, 3.8) is 0 Å². The number of methoxy groups -OCH3 is 2. The van der Waals surface area contributed by atoms with Crippen LogP contribution in [0.1, 0.15) is 6.42 Å². The fourth-order valence-electron chi connectivity index (χ4n) is 2.31. The molecule has 0 aromatic heterocycles. The molecular formula is C18H20F2N2O6S. The zero-order valence-electron chi connectivity index (χ0n) is 15.6.